The lowest BCUT2D eigenvalue weighted by Crippen LogP contribution is -2.39. The zero-order valence-electron chi connectivity index (χ0n) is 17.7. The van der Waals surface area contributed by atoms with Gasteiger partial charge in [0.15, 0.2) is 5.96 Å². The molecule has 0 aromatic heterocycles. The molecule has 0 aliphatic carbocycles. The first-order chi connectivity index (χ1) is 14.1. The molecule has 30 heavy (non-hydrogen) atoms. The third-order valence-electron chi connectivity index (χ3n) is 4.24. The molecule has 2 aromatic rings. The summed E-state index contributed by atoms with van der Waals surface area (Å²) in [6.45, 7) is 3.95. The summed E-state index contributed by atoms with van der Waals surface area (Å²) in [5, 5.41) is 9.28. The van der Waals surface area contributed by atoms with E-state index in [4.69, 9.17) is 9.47 Å². The number of halogens is 1. The van der Waals surface area contributed by atoms with E-state index in [1.165, 1.54) is 5.56 Å². The number of methoxy groups -OCH3 is 2. The predicted octanol–water partition coefficient (Wildman–Crippen LogP) is 2.74. The van der Waals surface area contributed by atoms with Gasteiger partial charge in [-0.15, -0.1) is 24.0 Å². The molecule has 3 N–H and O–H groups in total. The van der Waals surface area contributed by atoms with Crippen molar-refractivity contribution in [2.45, 2.75) is 19.9 Å². The van der Waals surface area contributed by atoms with E-state index in [0.717, 1.165) is 30.0 Å². The number of aliphatic imine (C=N–C) groups is 1. The predicted molar refractivity (Wildman–Crippen MR) is 131 cm³/mol. The molecule has 0 saturated heterocycles. The Morgan fingerprint density at radius 3 is 1.97 bits per heavy atom. The van der Waals surface area contributed by atoms with Crippen molar-refractivity contribution in [2.75, 3.05) is 33.9 Å². The lowest BCUT2D eigenvalue weighted by molar-refractivity contribution is -0.119. The van der Waals surface area contributed by atoms with E-state index in [1.54, 1.807) is 14.2 Å². The van der Waals surface area contributed by atoms with E-state index in [9.17, 15) is 4.79 Å². The maximum Gasteiger partial charge on any atom is 0.242 e. The van der Waals surface area contributed by atoms with Crippen molar-refractivity contribution in [3.05, 3.63) is 59.7 Å². The van der Waals surface area contributed by atoms with Crippen molar-refractivity contribution in [2.24, 2.45) is 4.99 Å². The molecular weight excluding hydrogens is 495 g/mol. The van der Waals surface area contributed by atoms with Crippen LogP contribution in [0.5, 0.6) is 11.5 Å². The van der Waals surface area contributed by atoms with Crippen LogP contribution in [0.4, 0.5) is 0 Å². The number of hydrogen-bond acceptors (Lipinski definition) is 4. The van der Waals surface area contributed by atoms with Crippen molar-refractivity contribution in [1.82, 2.24) is 16.0 Å². The van der Waals surface area contributed by atoms with Crippen molar-refractivity contribution < 1.29 is 14.3 Å². The van der Waals surface area contributed by atoms with Gasteiger partial charge < -0.3 is 25.4 Å². The Morgan fingerprint density at radius 2 is 1.43 bits per heavy atom. The summed E-state index contributed by atoms with van der Waals surface area (Å²) in [5.74, 6) is 2.13. The van der Waals surface area contributed by atoms with Gasteiger partial charge in [0, 0.05) is 19.6 Å². The van der Waals surface area contributed by atoms with Crippen LogP contribution in [0.1, 0.15) is 18.1 Å². The topological polar surface area (TPSA) is 84.0 Å². The molecule has 0 unspecified atom stereocenters. The Morgan fingerprint density at radius 1 is 0.867 bits per heavy atom. The van der Waals surface area contributed by atoms with Gasteiger partial charge in [-0.25, -0.2) is 4.99 Å². The molecule has 8 heteroatoms. The van der Waals surface area contributed by atoms with Crippen molar-refractivity contribution >= 4 is 35.8 Å². The van der Waals surface area contributed by atoms with Crippen LogP contribution in [0.25, 0.3) is 0 Å². The fraction of sp³-hybridized carbons (Fsp3) is 0.364. The minimum absolute atomic E-state index is 0. The average molecular weight is 526 g/mol. The molecule has 0 bridgehead atoms. The highest BCUT2D eigenvalue weighted by Gasteiger charge is 2.03. The van der Waals surface area contributed by atoms with Crippen molar-refractivity contribution in [3.8, 4) is 11.5 Å². The zero-order chi connectivity index (χ0) is 20.9. The summed E-state index contributed by atoms with van der Waals surface area (Å²) in [7, 11) is 3.28. The first kappa shape index (κ1) is 25.5. The van der Waals surface area contributed by atoms with Gasteiger partial charge in [-0.3, -0.25) is 4.79 Å². The lowest BCUT2D eigenvalue weighted by Gasteiger charge is -2.11. The van der Waals surface area contributed by atoms with Crippen LogP contribution in [-0.2, 0) is 17.8 Å². The van der Waals surface area contributed by atoms with Gasteiger partial charge in [-0.05, 0) is 48.7 Å². The monoisotopic (exact) mass is 526 g/mol. The van der Waals surface area contributed by atoms with Gasteiger partial charge in [-0.2, -0.15) is 0 Å². The van der Waals surface area contributed by atoms with Crippen LogP contribution in [0.15, 0.2) is 53.5 Å². The maximum absolute atomic E-state index is 12.1. The number of benzene rings is 2. The molecular formula is C22H31IN4O3. The Hall–Kier alpha value is -2.49. The first-order valence-corrected chi connectivity index (χ1v) is 9.69. The molecule has 0 aliphatic rings. The molecule has 2 rings (SSSR count). The van der Waals surface area contributed by atoms with E-state index >= 15 is 0 Å². The summed E-state index contributed by atoms with van der Waals surface area (Å²) in [6.07, 6.45) is 0.845. The van der Waals surface area contributed by atoms with Gasteiger partial charge in [0.25, 0.3) is 0 Å². The number of rotatable bonds is 10. The highest BCUT2D eigenvalue weighted by atomic mass is 127. The summed E-state index contributed by atoms with van der Waals surface area (Å²) >= 11 is 0. The normalized spacial score (nSPS) is 10.6. The molecule has 0 fully saturated rings. The highest BCUT2D eigenvalue weighted by molar-refractivity contribution is 14.0. The number of amides is 1. The van der Waals surface area contributed by atoms with Crippen LogP contribution in [-0.4, -0.2) is 45.7 Å². The van der Waals surface area contributed by atoms with E-state index in [-0.39, 0.29) is 36.4 Å². The Kier molecular flexibility index (Phi) is 12.3. The summed E-state index contributed by atoms with van der Waals surface area (Å²) in [4.78, 5) is 16.4. The molecule has 0 aliphatic heterocycles. The largest absolute Gasteiger partial charge is 0.497 e. The standard InChI is InChI=1S/C22H30N4O3.HI/c1-4-23-22(24-14-13-17-5-9-19(28-2)10-6-17)26-16-21(27)25-15-18-7-11-20(29-3)12-8-18;/h5-12H,4,13-16H2,1-3H3,(H,25,27)(H2,23,24,26);1H. The number of carbonyl (C=O) groups is 1. The van der Waals surface area contributed by atoms with Crippen LogP contribution >= 0.6 is 24.0 Å². The zero-order valence-corrected chi connectivity index (χ0v) is 20.1. The van der Waals surface area contributed by atoms with Crippen molar-refractivity contribution in [1.29, 1.82) is 0 Å². The van der Waals surface area contributed by atoms with Gasteiger partial charge in [0.05, 0.1) is 14.2 Å². The SMILES string of the molecule is CCNC(=NCC(=O)NCc1ccc(OC)cc1)NCCc1ccc(OC)cc1.I. The Labute approximate surface area is 195 Å². The first-order valence-electron chi connectivity index (χ1n) is 9.69. The molecule has 0 spiro atoms. The molecule has 0 heterocycles. The smallest absolute Gasteiger partial charge is 0.242 e. The number of carbonyl (C=O) groups excluding carboxylic acids is 1. The van der Waals surface area contributed by atoms with Crippen LogP contribution < -0.4 is 25.4 Å². The Balaban J connectivity index is 0.00000450. The minimum atomic E-state index is -0.131. The van der Waals surface area contributed by atoms with E-state index < -0.39 is 0 Å². The Bertz CT molecular complexity index is 780. The van der Waals surface area contributed by atoms with E-state index in [1.807, 2.05) is 55.5 Å². The summed E-state index contributed by atoms with van der Waals surface area (Å²) in [5.41, 5.74) is 2.21. The molecule has 0 atom stereocenters. The van der Waals surface area contributed by atoms with Crippen LogP contribution in [0.3, 0.4) is 0 Å². The molecule has 0 saturated carbocycles. The molecule has 1 amide bonds. The van der Waals surface area contributed by atoms with Gasteiger partial charge in [0.1, 0.15) is 18.0 Å². The molecule has 0 radical (unpaired) electrons. The minimum Gasteiger partial charge on any atom is -0.497 e. The number of guanidine groups is 1. The van der Waals surface area contributed by atoms with E-state index in [0.29, 0.717) is 19.0 Å². The average Bonchev–Trinajstić information content (AvgIpc) is 2.76. The van der Waals surface area contributed by atoms with E-state index in [2.05, 4.69) is 20.9 Å². The van der Waals surface area contributed by atoms with Crippen molar-refractivity contribution in [3.63, 3.8) is 0 Å². The summed E-state index contributed by atoms with van der Waals surface area (Å²) in [6, 6.07) is 15.6. The maximum atomic E-state index is 12.1. The molecule has 164 valence electrons. The van der Waals surface area contributed by atoms with Gasteiger partial charge >= 0.3 is 0 Å². The highest BCUT2D eigenvalue weighted by Crippen LogP contribution is 2.11. The second-order valence-corrected chi connectivity index (χ2v) is 6.34. The van der Waals surface area contributed by atoms with Crippen LogP contribution in [0, 0.1) is 0 Å². The summed E-state index contributed by atoms with van der Waals surface area (Å²) < 4.78 is 10.3. The number of hydrogen-bond donors (Lipinski definition) is 3. The second kappa shape index (κ2) is 14.5. The third-order valence-corrected chi connectivity index (χ3v) is 4.24. The number of nitrogens with zero attached hydrogens (tertiary/aromatic N) is 1. The lowest BCUT2D eigenvalue weighted by atomic mass is 10.1. The fourth-order valence-electron chi connectivity index (χ4n) is 2.61. The van der Waals surface area contributed by atoms with Crippen LogP contribution in [0.2, 0.25) is 0 Å². The molecule has 7 nitrogen and oxygen atoms in total. The van der Waals surface area contributed by atoms with Gasteiger partial charge in [0.2, 0.25) is 5.91 Å². The van der Waals surface area contributed by atoms with Gasteiger partial charge in [-0.1, -0.05) is 24.3 Å². The second-order valence-electron chi connectivity index (χ2n) is 6.34. The quantitative estimate of drug-likeness (QED) is 0.252. The third kappa shape index (κ3) is 9.34. The molecule has 2 aromatic carbocycles. The fourth-order valence-corrected chi connectivity index (χ4v) is 2.61. The number of nitrogens with one attached hydrogen (secondary N) is 3. The number of ether oxygens (including phenoxy) is 2.